The number of benzene rings is 1. The summed E-state index contributed by atoms with van der Waals surface area (Å²) in [4.78, 5) is 1.38. The van der Waals surface area contributed by atoms with Gasteiger partial charge in [0, 0.05) is 11.4 Å². The zero-order chi connectivity index (χ0) is 11.3. The minimum atomic E-state index is 0.934. The monoisotopic (exact) mass is 221 g/mol. The Morgan fingerprint density at radius 1 is 1.20 bits per heavy atom. The Hall–Kier alpha value is -0.730. The van der Waals surface area contributed by atoms with Crippen LogP contribution in [-0.2, 0) is 6.54 Å². The smallest absolute Gasteiger partial charge is 0.0202 e. The van der Waals surface area contributed by atoms with E-state index in [2.05, 4.69) is 49.7 Å². The van der Waals surface area contributed by atoms with Crippen LogP contribution in [-0.4, -0.2) is 13.3 Å². The molecule has 0 atom stereocenters. The highest BCUT2D eigenvalue weighted by Gasteiger charge is 2.01. The van der Waals surface area contributed by atoms with Crippen molar-refractivity contribution in [1.29, 1.82) is 0 Å². The molecule has 1 rings (SSSR count). The van der Waals surface area contributed by atoms with Gasteiger partial charge in [-0.15, -0.1) is 11.8 Å². The molecule has 0 aliphatic carbocycles. The first kappa shape index (κ1) is 12.3. The molecule has 0 saturated heterocycles. The van der Waals surface area contributed by atoms with Gasteiger partial charge in [-0.25, -0.2) is 0 Å². The van der Waals surface area contributed by atoms with E-state index in [4.69, 9.17) is 0 Å². The molecule has 82 valence electrons. The maximum atomic E-state index is 3.15. The lowest BCUT2D eigenvalue weighted by Crippen LogP contribution is -2.04. The third-order valence-electron chi connectivity index (χ3n) is 2.26. The van der Waals surface area contributed by atoms with Crippen LogP contribution in [0.3, 0.4) is 0 Å². The molecule has 0 radical (unpaired) electrons. The maximum absolute atomic E-state index is 3.15. The number of allylic oxidation sites excluding steroid dienone is 1. The van der Waals surface area contributed by atoms with Crippen LogP contribution in [0.1, 0.15) is 25.0 Å². The minimum Gasteiger partial charge on any atom is -0.316 e. The van der Waals surface area contributed by atoms with E-state index in [1.54, 1.807) is 0 Å². The summed E-state index contributed by atoms with van der Waals surface area (Å²) in [6.07, 6.45) is 2.13. The van der Waals surface area contributed by atoms with E-state index >= 15 is 0 Å². The molecule has 0 bridgehead atoms. The van der Waals surface area contributed by atoms with Crippen molar-refractivity contribution in [3.63, 3.8) is 0 Å². The summed E-state index contributed by atoms with van der Waals surface area (Å²) >= 11 is 1.81. The number of thioether (sulfide) groups is 1. The highest BCUT2D eigenvalue weighted by atomic mass is 32.2. The molecule has 0 spiro atoms. The molecule has 1 aromatic rings. The summed E-state index contributed by atoms with van der Waals surface area (Å²) in [5.74, 6) is 0. The van der Waals surface area contributed by atoms with E-state index in [-0.39, 0.29) is 0 Å². The summed E-state index contributed by atoms with van der Waals surface area (Å²) in [5, 5.41) is 3.15. The van der Waals surface area contributed by atoms with Gasteiger partial charge in [0.05, 0.1) is 0 Å². The predicted octanol–water partition coefficient (Wildman–Crippen LogP) is 3.52. The van der Waals surface area contributed by atoms with E-state index < -0.39 is 0 Å². The molecule has 0 aromatic heterocycles. The van der Waals surface area contributed by atoms with Crippen LogP contribution in [0.5, 0.6) is 0 Å². The maximum Gasteiger partial charge on any atom is 0.0202 e. The summed E-state index contributed by atoms with van der Waals surface area (Å²) in [6.45, 7) is 5.25. The molecule has 0 fully saturated rings. The van der Waals surface area contributed by atoms with Gasteiger partial charge >= 0.3 is 0 Å². The second-order valence-corrected chi connectivity index (χ2v) is 4.58. The molecule has 0 saturated carbocycles. The van der Waals surface area contributed by atoms with Crippen molar-refractivity contribution in [2.75, 3.05) is 13.3 Å². The lowest BCUT2D eigenvalue weighted by atomic mass is 10.1. The van der Waals surface area contributed by atoms with Crippen LogP contribution in [0.4, 0.5) is 0 Å². The van der Waals surface area contributed by atoms with E-state index in [9.17, 15) is 0 Å². The Morgan fingerprint density at radius 2 is 1.80 bits per heavy atom. The van der Waals surface area contributed by atoms with E-state index in [1.807, 2.05) is 18.8 Å². The lowest BCUT2D eigenvalue weighted by molar-refractivity contribution is 0.818. The molecule has 1 N–H and O–H groups in total. The Labute approximate surface area is 97.0 Å². The predicted molar refractivity (Wildman–Crippen MR) is 71.0 cm³/mol. The molecule has 0 aliphatic rings. The Morgan fingerprint density at radius 3 is 2.20 bits per heavy atom. The fourth-order valence-electron chi connectivity index (χ4n) is 1.59. The standard InChI is InChI=1S/C13H19NS/c1-10(2)13(15-4)12-7-5-11(6-8-12)9-14-3/h5-8,14H,9H2,1-4H3. The van der Waals surface area contributed by atoms with Crippen LogP contribution in [0.25, 0.3) is 4.91 Å². The van der Waals surface area contributed by atoms with Crippen molar-refractivity contribution < 1.29 is 0 Å². The summed E-state index contributed by atoms with van der Waals surface area (Å²) in [7, 11) is 1.97. The summed E-state index contributed by atoms with van der Waals surface area (Å²) in [6, 6.07) is 8.77. The zero-order valence-corrected chi connectivity index (χ0v) is 10.7. The minimum absolute atomic E-state index is 0.934. The molecule has 0 heterocycles. The molecular formula is C13H19NS. The average Bonchev–Trinajstić information content (AvgIpc) is 2.21. The lowest BCUT2D eigenvalue weighted by Gasteiger charge is -2.08. The molecule has 15 heavy (non-hydrogen) atoms. The first-order chi connectivity index (χ1) is 7.19. The number of rotatable bonds is 4. The molecule has 1 aromatic carbocycles. The first-order valence-corrected chi connectivity index (χ1v) is 6.37. The number of hydrogen-bond donors (Lipinski definition) is 1. The highest BCUT2D eigenvalue weighted by Crippen LogP contribution is 2.28. The zero-order valence-electron chi connectivity index (χ0n) is 9.92. The van der Waals surface area contributed by atoms with Gasteiger partial charge in [0.1, 0.15) is 0 Å². The normalized spacial score (nSPS) is 10.1. The van der Waals surface area contributed by atoms with Gasteiger partial charge in [-0.1, -0.05) is 29.8 Å². The second kappa shape index (κ2) is 5.99. The fourth-order valence-corrected chi connectivity index (χ4v) is 2.37. The van der Waals surface area contributed by atoms with Gasteiger partial charge in [0.25, 0.3) is 0 Å². The van der Waals surface area contributed by atoms with Crippen LogP contribution in [0.2, 0.25) is 0 Å². The van der Waals surface area contributed by atoms with Gasteiger partial charge in [0.2, 0.25) is 0 Å². The van der Waals surface area contributed by atoms with Crippen LogP contribution < -0.4 is 5.32 Å². The van der Waals surface area contributed by atoms with Crippen molar-refractivity contribution in [1.82, 2.24) is 5.32 Å². The van der Waals surface area contributed by atoms with Crippen molar-refractivity contribution in [3.05, 3.63) is 41.0 Å². The van der Waals surface area contributed by atoms with Crippen molar-refractivity contribution in [2.24, 2.45) is 0 Å². The molecular weight excluding hydrogens is 202 g/mol. The average molecular weight is 221 g/mol. The molecule has 2 heteroatoms. The second-order valence-electron chi connectivity index (χ2n) is 3.76. The van der Waals surface area contributed by atoms with Gasteiger partial charge < -0.3 is 5.32 Å². The van der Waals surface area contributed by atoms with Crippen molar-refractivity contribution in [2.45, 2.75) is 20.4 Å². The molecule has 0 aliphatic heterocycles. The third-order valence-corrected chi connectivity index (χ3v) is 3.31. The molecule has 0 unspecified atom stereocenters. The quantitative estimate of drug-likeness (QED) is 0.835. The SMILES string of the molecule is CNCc1ccc(C(SC)=C(C)C)cc1. The van der Waals surface area contributed by atoms with Crippen LogP contribution >= 0.6 is 11.8 Å². The van der Waals surface area contributed by atoms with E-state index in [0.717, 1.165) is 6.54 Å². The highest BCUT2D eigenvalue weighted by molar-refractivity contribution is 8.07. The molecule has 0 amide bonds. The topological polar surface area (TPSA) is 12.0 Å². The fraction of sp³-hybridized carbons (Fsp3) is 0.385. The van der Waals surface area contributed by atoms with Gasteiger partial charge in [-0.05, 0) is 38.3 Å². The van der Waals surface area contributed by atoms with Crippen molar-refractivity contribution in [3.8, 4) is 0 Å². The Balaban J connectivity index is 2.93. The summed E-state index contributed by atoms with van der Waals surface area (Å²) < 4.78 is 0. The third kappa shape index (κ3) is 3.40. The van der Waals surface area contributed by atoms with Crippen molar-refractivity contribution >= 4 is 16.7 Å². The number of hydrogen-bond acceptors (Lipinski definition) is 2. The Kier molecular flexibility index (Phi) is 4.92. The first-order valence-electron chi connectivity index (χ1n) is 5.14. The van der Waals surface area contributed by atoms with Gasteiger partial charge in [-0.2, -0.15) is 0 Å². The molecule has 1 nitrogen and oxygen atoms in total. The summed E-state index contributed by atoms with van der Waals surface area (Å²) in [5.41, 5.74) is 4.03. The largest absolute Gasteiger partial charge is 0.316 e. The van der Waals surface area contributed by atoms with E-state index in [1.165, 1.54) is 21.6 Å². The van der Waals surface area contributed by atoms with Gasteiger partial charge in [-0.3, -0.25) is 0 Å². The van der Waals surface area contributed by atoms with E-state index in [0.29, 0.717) is 0 Å². The van der Waals surface area contributed by atoms with Gasteiger partial charge in [0.15, 0.2) is 0 Å². The van der Waals surface area contributed by atoms with Crippen LogP contribution in [0.15, 0.2) is 29.8 Å². The van der Waals surface area contributed by atoms with Crippen LogP contribution in [0, 0.1) is 0 Å². The Bertz CT molecular complexity index is 334. The number of nitrogens with one attached hydrogen (secondary N) is 1.